The predicted octanol–water partition coefficient (Wildman–Crippen LogP) is 2.80. The van der Waals surface area contributed by atoms with Gasteiger partial charge in [0.1, 0.15) is 0 Å². The largest absolute Gasteiger partial charge is 0.325 e. The molecule has 2 aliphatic rings. The number of aromatic nitrogens is 2. The zero-order valence-corrected chi connectivity index (χ0v) is 16.1. The molecule has 2 fully saturated rings. The van der Waals surface area contributed by atoms with Crippen LogP contribution in [0.2, 0.25) is 0 Å². The quantitative estimate of drug-likeness (QED) is 0.885. The highest BCUT2D eigenvalue weighted by Gasteiger charge is 2.30. The molecule has 0 radical (unpaired) electrons. The van der Waals surface area contributed by atoms with Crippen molar-refractivity contribution in [3.63, 3.8) is 0 Å². The number of rotatable bonds is 4. The van der Waals surface area contributed by atoms with E-state index in [4.69, 9.17) is 0 Å². The molecule has 0 unspecified atom stereocenters. The first kappa shape index (κ1) is 18.5. The summed E-state index contributed by atoms with van der Waals surface area (Å²) in [5.41, 5.74) is 1.17. The highest BCUT2D eigenvalue weighted by atomic mass is 16.2. The third-order valence-corrected chi connectivity index (χ3v) is 5.59. The van der Waals surface area contributed by atoms with Crippen LogP contribution in [-0.2, 0) is 11.3 Å². The van der Waals surface area contributed by atoms with Gasteiger partial charge in [-0.05, 0) is 31.2 Å². The number of benzene rings is 1. The van der Waals surface area contributed by atoms with Gasteiger partial charge in [0.25, 0.3) is 0 Å². The van der Waals surface area contributed by atoms with Gasteiger partial charge in [-0.2, -0.15) is 5.10 Å². The maximum atomic E-state index is 12.6. The number of likely N-dealkylation sites (tertiary alicyclic amines) is 2. The normalized spacial score (nSPS) is 17.7. The van der Waals surface area contributed by atoms with E-state index in [2.05, 4.69) is 22.5 Å². The highest BCUT2D eigenvalue weighted by Crippen LogP contribution is 2.21. The Kier molecular flexibility index (Phi) is 5.60. The lowest BCUT2D eigenvalue weighted by molar-refractivity contribution is -0.121. The topological polar surface area (TPSA) is 70.5 Å². The van der Waals surface area contributed by atoms with Crippen LogP contribution < -0.4 is 5.32 Å². The maximum Gasteiger partial charge on any atom is 0.319 e. The van der Waals surface area contributed by atoms with Crippen molar-refractivity contribution < 1.29 is 9.59 Å². The molecule has 0 spiro atoms. The second-order valence-electron chi connectivity index (χ2n) is 7.61. The Balaban J connectivity index is 1.26. The van der Waals surface area contributed by atoms with Gasteiger partial charge in [0.2, 0.25) is 5.91 Å². The van der Waals surface area contributed by atoms with E-state index >= 15 is 0 Å². The van der Waals surface area contributed by atoms with Crippen molar-refractivity contribution in [1.82, 2.24) is 19.6 Å². The molecular weight excluding hydrogens is 354 g/mol. The van der Waals surface area contributed by atoms with Crippen LogP contribution in [0.3, 0.4) is 0 Å². The van der Waals surface area contributed by atoms with Gasteiger partial charge < -0.3 is 15.1 Å². The van der Waals surface area contributed by atoms with E-state index < -0.39 is 0 Å². The number of carbonyl (C=O) groups is 2. The average molecular weight is 381 g/mol. The van der Waals surface area contributed by atoms with E-state index in [1.807, 2.05) is 44.9 Å². The second kappa shape index (κ2) is 8.46. The van der Waals surface area contributed by atoms with Crippen LogP contribution in [-0.4, -0.2) is 57.7 Å². The van der Waals surface area contributed by atoms with Crippen LogP contribution in [0.5, 0.6) is 0 Å². The molecule has 3 heterocycles. The van der Waals surface area contributed by atoms with E-state index in [0.717, 1.165) is 25.9 Å². The summed E-state index contributed by atoms with van der Waals surface area (Å²) in [5, 5.41) is 7.38. The summed E-state index contributed by atoms with van der Waals surface area (Å²) >= 11 is 0. The van der Waals surface area contributed by atoms with Crippen LogP contribution in [0.25, 0.3) is 0 Å². The molecule has 4 rings (SSSR count). The van der Waals surface area contributed by atoms with Gasteiger partial charge in [-0.15, -0.1) is 0 Å². The van der Waals surface area contributed by atoms with Crippen molar-refractivity contribution in [1.29, 1.82) is 0 Å². The van der Waals surface area contributed by atoms with Crippen LogP contribution in [0.4, 0.5) is 10.6 Å². The minimum absolute atomic E-state index is 0.00164. The predicted molar refractivity (Wildman–Crippen MR) is 107 cm³/mol. The van der Waals surface area contributed by atoms with E-state index in [-0.39, 0.29) is 17.9 Å². The molecule has 0 atom stereocenters. The molecule has 2 aromatic rings. The first-order valence-corrected chi connectivity index (χ1v) is 10.1. The molecular formula is C21H27N5O2. The van der Waals surface area contributed by atoms with Crippen molar-refractivity contribution >= 4 is 17.8 Å². The SMILES string of the molecule is O=C(Nc1ccn(Cc2ccccc2)n1)C1CCN(C(=O)N2CCCC2)CC1. The standard InChI is InChI=1S/C21H27N5O2/c27-20(18-8-13-25(14-9-18)21(28)24-11-4-5-12-24)22-19-10-15-26(23-19)16-17-6-2-1-3-7-17/h1-3,6-7,10,15,18H,4-5,8-9,11-14,16H2,(H,22,23,27). The van der Waals surface area contributed by atoms with Crippen LogP contribution in [0.15, 0.2) is 42.6 Å². The lowest BCUT2D eigenvalue weighted by Crippen LogP contribution is -2.47. The third-order valence-electron chi connectivity index (χ3n) is 5.59. The highest BCUT2D eigenvalue weighted by molar-refractivity contribution is 5.91. The molecule has 2 saturated heterocycles. The smallest absolute Gasteiger partial charge is 0.319 e. The molecule has 1 N–H and O–H groups in total. The fraction of sp³-hybridized carbons (Fsp3) is 0.476. The Hall–Kier alpha value is -2.83. The van der Waals surface area contributed by atoms with Crippen molar-refractivity contribution in [2.24, 2.45) is 5.92 Å². The van der Waals surface area contributed by atoms with E-state index in [9.17, 15) is 9.59 Å². The van der Waals surface area contributed by atoms with Gasteiger partial charge in [-0.1, -0.05) is 30.3 Å². The van der Waals surface area contributed by atoms with Crippen LogP contribution >= 0.6 is 0 Å². The Morgan fingerprint density at radius 3 is 2.36 bits per heavy atom. The molecule has 2 aliphatic heterocycles. The van der Waals surface area contributed by atoms with E-state index in [1.54, 1.807) is 0 Å². The first-order valence-electron chi connectivity index (χ1n) is 10.1. The second-order valence-corrected chi connectivity index (χ2v) is 7.61. The number of urea groups is 1. The molecule has 1 aromatic heterocycles. The van der Waals surface area contributed by atoms with Crippen molar-refractivity contribution in [2.45, 2.75) is 32.2 Å². The molecule has 148 valence electrons. The molecule has 0 saturated carbocycles. The van der Waals surface area contributed by atoms with Gasteiger partial charge in [0.15, 0.2) is 5.82 Å². The fourth-order valence-electron chi connectivity index (χ4n) is 3.96. The first-order chi connectivity index (χ1) is 13.7. The van der Waals surface area contributed by atoms with E-state index in [1.165, 1.54) is 5.56 Å². The Labute approximate surface area is 165 Å². The third kappa shape index (κ3) is 4.35. The zero-order valence-electron chi connectivity index (χ0n) is 16.1. The Morgan fingerprint density at radius 1 is 0.964 bits per heavy atom. The Bertz CT molecular complexity index is 805. The monoisotopic (exact) mass is 381 g/mol. The minimum Gasteiger partial charge on any atom is -0.325 e. The lowest BCUT2D eigenvalue weighted by atomic mass is 9.96. The lowest BCUT2D eigenvalue weighted by Gasteiger charge is -2.33. The zero-order chi connectivity index (χ0) is 19.3. The molecule has 0 bridgehead atoms. The molecule has 1 aromatic carbocycles. The van der Waals surface area contributed by atoms with Crippen molar-refractivity contribution in [2.75, 3.05) is 31.5 Å². The van der Waals surface area contributed by atoms with E-state index in [0.29, 0.717) is 38.3 Å². The number of piperidine rings is 1. The summed E-state index contributed by atoms with van der Waals surface area (Å²) in [6.07, 6.45) is 5.48. The summed E-state index contributed by atoms with van der Waals surface area (Å²) in [5.74, 6) is 0.511. The molecule has 7 heteroatoms. The Morgan fingerprint density at radius 2 is 1.64 bits per heavy atom. The number of amides is 3. The number of carbonyl (C=O) groups excluding carboxylic acids is 2. The number of hydrogen-bond donors (Lipinski definition) is 1. The van der Waals surface area contributed by atoms with Gasteiger partial charge >= 0.3 is 6.03 Å². The molecule has 7 nitrogen and oxygen atoms in total. The summed E-state index contributed by atoms with van der Waals surface area (Å²) in [4.78, 5) is 28.9. The van der Waals surface area contributed by atoms with Crippen molar-refractivity contribution in [3.8, 4) is 0 Å². The minimum atomic E-state index is -0.0677. The number of nitrogens with zero attached hydrogens (tertiary/aromatic N) is 4. The molecule has 28 heavy (non-hydrogen) atoms. The summed E-state index contributed by atoms with van der Waals surface area (Å²) in [6.45, 7) is 3.70. The average Bonchev–Trinajstić information content (AvgIpc) is 3.41. The summed E-state index contributed by atoms with van der Waals surface area (Å²) in [7, 11) is 0. The van der Waals surface area contributed by atoms with Gasteiger partial charge in [0.05, 0.1) is 6.54 Å². The number of anilines is 1. The maximum absolute atomic E-state index is 12.6. The number of hydrogen-bond acceptors (Lipinski definition) is 3. The van der Waals surface area contributed by atoms with Gasteiger partial charge in [0, 0.05) is 44.4 Å². The van der Waals surface area contributed by atoms with Gasteiger partial charge in [-0.3, -0.25) is 9.48 Å². The summed E-state index contributed by atoms with van der Waals surface area (Å²) < 4.78 is 1.82. The number of nitrogens with one attached hydrogen (secondary N) is 1. The molecule has 0 aliphatic carbocycles. The van der Waals surface area contributed by atoms with Crippen molar-refractivity contribution in [3.05, 3.63) is 48.2 Å². The van der Waals surface area contributed by atoms with Gasteiger partial charge in [-0.25, -0.2) is 4.79 Å². The van der Waals surface area contributed by atoms with Crippen LogP contribution in [0.1, 0.15) is 31.2 Å². The summed E-state index contributed by atoms with van der Waals surface area (Å²) in [6, 6.07) is 12.1. The van der Waals surface area contributed by atoms with Crippen LogP contribution in [0, 0.1) is 5.92 Å². The fourth-order valence-corrected chi connectivity index (χ4v) is 3.96. The molecule has 3 amide bonds.